The number of hydrazone groups is 1. The number of nitrogens with zero attached hydrogens (tertiary/aromatic N) is 3. The first-order valence-electron chi connectivity index (χ1n) is 4.02. The Morgan fingerprint density at radius 3 is 2.85 bits per heavy atom. The summed E-state index contributed by atoms with van der Waals surface area (Å²) in [5.41, 5.74) is 0.903. The van der Waals surface area contributed by atoms with Crippen molar-refractivity contribution in [2.75, 3.05) is 7.05 Å². The Morgan fingerprint density at radius 2 is 2.15 bits per heavy atom. The molecule has 70 valence electrons. The van der Waals surface area contributed by atoms with Crippen molar-refractivity contribution in [3.8, 4) is 0 Å². The maximum atomic E-state index is 5.99. The van der Waals surface area contributed by atoms with Crippen LogP contribution < -0.4 is 0 Å². The molecule has 0 amide bonds. The largest absolute Gasteiger partial charge is 0.296 e. The van der Waals surface area contributed by atoms with Gasteiger partial charge < -0.3 is 0 Å². The van der Waals surface area contributed by atoms with E-state index in [1.807, 2.05) is 12.1 Å². The number of hydrogen-bond donors (Lipinski definition) is 0. The highest BCUT2D eigenvalue weighted by atomic mass is 35.5. The fourth-order valence-corrected chi connectivity index (χ4v) is 2.20. The lowest BCUT2D eigenvalue weighted by atomic mass is 9.97. The number of allylic oxidation sites excluding steroid dienone is 1. The molecule has 0 N–H and O–H groups in total. The van der Waals surface area contributed by atoms with E-state index >= 15 is 0 Å². The molecule has 5 heteroatoms. The molecule has 0 fully saturated rings. The minimum atomic E-state index is 0.0918. The summed E-state index contributed by atoms with van der Waals surface area (Å²) in [5, 5.41) is 7.13. The summed E-state index contributed by atoms with van der Waals surface area (Å²) in [7, 11) is 1.92. The van der Waals surface area contributed by atoms with E-state index in [1.165, 1.54) is 0 Å². The van der Waals surface area contributed by atoms with E-state index in [1.54, 1.807) is 6.08 Å². The number of rotatable bonds is 0. The molecular weight excluding hydrogens is 209 g/mol. The zero-order chi connectivity index (χ0) is 9.59. The van der Waals surface area contributed by atoms with Crippen molar-refractivity contribution in [3.63, 3.8) is 0 Å². The Kier molecular flexibility index (Phi) is 2.08. The molecule has 0 aromatic heterocycles. The number of aliphatic imine (C=N–C) groups is 1. The summed E-state index contributed by atoms with van der Waals surface area (Å²) in [4.78, 5) is 4.01. The third-order valence-electron chi connectivity index (χ3n) is 2.40. The van der Waals surface area contributed by atoms with Crippen LogP contribution in [0, 0.1) is 5.92 Å². The van der Waals surface area contributed by atoms with Gasteiger partial charge in [-0.25, -0.2) is 4.99 Å². The van der Waals surface area contributed by atoms with E-state index in [9.17, 15) is 0 Å². The zero-order valence-electron chi connectivity index (χ0n) is 7.33. The molecule has 2 aliphatic heterocycles. The number of fused-ring (bicyclic) bond motifs is 1. The van der Waals surface area contributed by atoms with Crippen molar-refractivity contribution < 1.29 is 0 Å². The summed E-state index contributed by atoms with van der Waals surface area (Å²) in [6.45, 7) is 2.06. The molecule has 0 aromatic carbocycles. The quantitative estimate of drug-likeness (QED) is 0.571. The van der Waals surface area contributed by atoms with Gasteiger partial charge in [-0.3, -0.25) is 5.01 Å². The lowest BCUT2D eigenvalue weighted by molar-refractivity contribution is 0.287. The minimum absolute atomic E-state index is 0.0918. The van der Waals surface area contributed by atoms with Crippen molar-refractivity contribution >= 4 is 34.1 Å². The molecule has 2 aliphatic rings. The second-order valence-electron chi connectivity index (χ2n) is 3.22. The summed E-state index contributed by atoms with van der Waals surface area (Å²) in [6, 6.07) is 0.257. The SMILES string of the molecule is CC1C2C(Cl)=NC(Cl)=CC2=NN1C. The highest BCUT2D eigenvalue weighted by molar-refractivity contribution is 6.68. The van der Waals surface area contributed by atoms with Crippen molar-refractivity contribution in [1.82, 2.24) is 5.01 Å². The van der Waals surface area contributed by atoms with Crippen LogP contribution in [0.3, 0.4) is 0 Å². The van der Waals surface area contributed by atoms with Gasteiger partial charge in [0.15, 0.2) is 0 Å². The molecule has 2 rings (SSSR count). The van der Waals surface area contributed by atoms with Crippen LogP contribution in [0.5, 0.6) is 0 Å². The Balaban J connectivity index is 2.41. The number of halogens is 2. The van der Waals surface area contributed by atoms with Gasteiger partial charge in [0.25, 0.3) is 0 Å². The molecule has 0 saturated carbocycles. The summed E-state index contributed by atoms with van der Waals surface area (Å²) in [6.07, 6.45) is 1.76. The van der Waals surface area contributed by atoms with E-state index in [0.29, 0.717) is 10.3 Å². The van der Waals surface area contributed by atoms with Gasteiger partial charge in [-0.2, -0.15) is 5.10 Å². The highest BCUT2D eigenvalue weighted by Crippen LogP contribution is 2.29. The van der Waals surface area contributed by atoms with Crippen LogP contribution in [0.15, 0.2) is 21.3 Å². The molecule has 0 aliphatic carbocycles. The standard InChI is InChI=1S/C8H9Cl2N3/c1-4-7-5(12-13(4)2)3-6(9)11-8(7)10/h3-4,7H,1-2H3. The average Bonchev–Trinajstić information content (AvgIpc) is 2.27. The fourth-order valence-electron chi connectivity index (χ4n) is 1.56. The van der Waals surface area contributed by atoms with Gasteiger partial charge >= 0.3 is 0 Å². The molecule has 0 saturated heterocycles. The van der Waals surface area contributed by atoms with E-state index < -0.39 is 0 Å². The molecule has 3 nitrogen and oxygen atoms in total. The first-order valence-corrected chi connectivity index (χ1v) is 4.78. The topological polar surface area (TPSA) is 28.0 Å². The average molecular weight is 218 g/mol. The van der Waals surface area contributed by atoms with Crippen molar-refractivity contribution in [3.05, 3.63) is 11.2 Å². The van der Waals surface area contributed by atoms with Crippen molar-refractivity contribution in [2.24, 2.45) is 16.0 Å². The lowest BCUT2D eigenvalue weighted by Crippen LogP contribution is -2.32. The van der Waals surface area contributed by atoms with E-state index in [0.717, 1.165) is 5.71 Å². The number of hydrogen-bond acceptors (Lipinski definition) is 3. The molecular formula is C8H9Cl2N3. The Labute approximate surface area is 86.7 Å². The third-order valence-corrected chi connectivity index (χ3v) is 2.91. The summed E-state index contributed by atoms with van der Waals surface area (Å²) in [5.74, 6) is 0.0918. The molecule has 0 aromatic rings. The van der Waals surface area contributed by atoms with Crippen molar-refractivity contribution in [1.29, 1.82) is 0 Å². The van der Waals surface area contributed by atoms with Gasteiger partial charge in [-0.15, -0.1) is 0 Å². The van der Waals surface area contributed by atoms with E-state index in [2.05, 4.69) is 17.0 Å². The van der Waals surface area contributed by atoms with Crippen molar-refractivity contribution in [2.45, 2.75) is 13.0 Å². The Hall–Kier alpha value is -0.540. The summed E-state index contributed by atoms with van der Waals surface area (Å²) >= 11 is 11.8. The van der Waals surface area contributed by atoms with Crippen LogP contribution in [0.1, 0.15) is 6.92 Å². The monoisotopic (exact) mass is 217 g/mol. The normalized spacial score (nSPS) is 32.3. The van der Waals surface area contributed by atoms with Crippen LogP contribution in [-0.4, -0.2) is 29.0 Å². The minimum Gasteiger partial charge on any atom is -0.296 e. The van der Waals surface area contributed by atoms with Gasteiger partial charge in [0.1, 0.15) is 10.3 Å². The van der Waals surface area contributed by atoms with Gasteiger partial charge in [-0.05, 0) is 13.0 Å². The smallest absolute Gasteiger partial charge is 0.132 e. The zero-order valence-corrected chi connectivity index (χ0v) is 8.84. The predicted molar refractivity (Wildman–Crippen MR) is 55.4 cm³/mol. The van der Waals surface area contributed by atoms with Crippen LogP contribution in [0.2, 0.25) is 0 Å². The molecule has 2 heterocycles. The maximum absolute atomic E-state index is 5.99. The predicted octanol–water partition coefficient (Wildman–Crippen LogP) is 2.02. The van der Waals surface area contributed by atoms with Gasteiger partial charge in [0.05, 0.1) is 17.7 Å². The van der Waals surface area contributed by atoms with Gasteiger partial charge in [-0.1, -0.05) is 23.2 Å². The van der Waals surface area contributed by atoms with Gasteiger partial charge in [0, 0.05) is 7.05 Å². The second-order valence-corrected chi connectivity index (χ2v) is 3.99. The van der Waals surface area contributed by atoms with Crippen LogP contribution in [0.4, 0.5) is 0 Å². The first-order chi connectivity index (χ1) is 6.09. The van der Waals surface area contributed by atoms with Crippen LogP contribution >= 0.6 is 23.2 Å². The molecule has 0 spiro atoms. The van der Waals surface area contributed by atoms with E-state index in [4.69, 9.17) is 23.2 Å². The maximum Gasteiger partial charge on any atom is 0.132 e. The van der Waals surface area contributed by atoms with Gasteiger partial charge in [0.2, 0.25) is 0 Å². The second kappa shape index (κ2) is 3.00. The van der Waals surface area contributed by atoms with E-state index in [-0.39, 0.29) is 12.0 Å². The molecule has 2 atom stereocenters. The Bertz CT molecular complexity index is 332. The Morgan fingerprint density at radius 1 is 1.46 bits per heavy atom. The van der Waals surface area contributed by atoms with Crippen LogP contribution in [-0.2, 0) is 0 Å². The first kappa shape index (κ1) is 9.03. The molecule has 2 unspecified atom stereocenters. The molecule has 0 bridgehead atoms. The van der Waals surface area contributed by atoms with Crippen LogP contribution in [0.25, 0.3) is 0 Å². The highest BCUT2D eigenvalue weighted by Gasteiger charge is 2.36. The third kappa shape index (κ3) is 1.36. The summed E-state index contributed by atoms with van der Waals surface area (Å²) < 4.78 is 0. The molecule has 13 heavy (non-hydrogen) atoms. The lowest BCUT2D eigenvalue weighted by Gasteiger charge is -2.20. The fraction of sp³-hybridized carbons (Fsp3) is 0.500. The molecule has 0 radical (unpaired) electrons.